The number of amides is 1. The minimum absolute atomic E-state index is 0.104. The molecule has 7 nitrogen and oxygen atoms in total. The highest BCUT2D eigenvalue weighted by Gasteiger charge is 2.19. The highest BCUT2D eigenvalue weighted by molar-refractivity contribution is 5.97. The average molecular weight is 268 g/mol. The summed E-state index contributed by atoms with van der Waals surface area (Å²) in [4.78, 5) is 12.0. The Balaban J connectivity index is 1.88. The number of ether oxygens (including phenoxy) is 2. The second kappa shape index (κ2) is 6.53. The van der Waals surface area contributed by atoms with E-state index >= 15 is 0 Å². The van der Waals surface area contributed by atoms with Gasteiger partial charge in [0.05, 0.1) is 37.3 Å². The summed E-state index contributed by atoms with van der Waals surface area (Å²) in [6, 6.07) is 0. The van der Waals surface area contributed by atoms with Crippen molar-refractivity contribution >= 4 is 11.6 Å². The van der Waals surface area contributed by atoms with Crippen LogP contribution in [0.5, 0.6) is 0 Å². The van der Waals surface area contributed by atoms with E-state index in [1.165, 1.54) is 0 Å². The summed E-state index contributed by atoms with van der Waals surface area (Å²) < 4.78 is 10.7. The predicted molar refractivity (Wildman–Crippen MR) is 69.9 cm³/mol. The van der Waals surface area contributed by atoms with Gasteiger partial charge in [-0.1, -0.05) is 13.3 Å². The number of H-pyrrole nitrogens is 1. The molecule has 7 heteroatoms. The lowest BCUT2D eigenvalue weighted by Crippen LogP contribution is -2.40. The van der Waals surface area contributed by atoms with E-state index in [0.29, 0.717) is 32.1 Å². The first-order valence-electron chi connectivity index (χ1n) is 6.52. The van der Waals surface area contributed by atoms with Gasteiger partial charge in [-0.3, -0.25) is 9.89 Å². The Morgan fingerprint density at radius 3 is 3.11 bits per heavy atom. The van der Waals surface area contributed by atoms with Gasteiger partial charge in [0, 0.05) is 6.54 Å². The molecule has 0 aliphatic carbocycles. The molecule has 0 spiro atoms. The third-order valence-electron chi connectivity index (χ3n) is 2.97. The normalized spacial score (nSPS) is 19.3. The van der Waals surface area contributed by atoms with Crippen LogP contribution in [-0.2, 0) is 15.9 Å². The fraction of sp³-hybridized carbons (Fsp3) is 0.667. The van der Waals surface area contributed by atoms with Crippen molar-refractivity contribution in [2.45, 2.75) is 25.9 Å². The van der Waals surface area contributed by atoms with Gasteiger partial charge in [0.15, 0.2) is 5.69 Å². The van der Waals surface area contributed by atoms with Crippen LogP contribution in [0, 0.1) is 0 Å². The molecule has 1 aliphatic rings. The number of rotatable bonds is 5. The van der Waals surface area contributed by atoms with Gasteiger partial charge in [-0.05, 0) is 6.42 Å². The molecule has 0 aromatic carbocycles. The summed E-state index contributed by atoms with van der Waals surface area (Å²) in [5, 5.41) is 9.52. The molecule has 1 fully saturated rings. The van der Waals surface area contributed by atoms with Gasteiger partial charge < -0.3 is 20.5 Å². The largest absolute Gasteiger partial charge is 0.395 e. The Kier molecular flexibility index (Phi) is 4.75. The van der Waals surface area contributed by atoms with Gasteiger partial charge in [0.1, 0.15) is 0 Å². The van der Waals surface area contributed by atoms with Crippen LogP contribution in [0.2, 0.25) is 0 Å². The van der Waals surface area contributed by atoms with Crippen LogP contribution in [0.1, 0.15) is 29.5 Å². The van der Waals surface area contributed by atoms with Gasteiger partial charge in [-0.2, -0.15) is 5.10 Å². The average Bonchev–Trinajstić information content (AvgIpc) is 2.79. The number of aromatic amines is 1. The predicted octanol–water partition coefficient (Wildman–Crippen LogP) is 0.0896. The maximum atomic E-state index is 12.0. The molecule has 0 radical (unpaired) electrons. The summed E-state index contributed by atoms with van der Waals surface area (Å²) >= 11 is 0. The lowest BCUT2D eigenvalue weighted by atomic mass is 10.2. The van der Waals surface area contributed by atoms with Crippen LogP contribution in [0.3, 0.4) is 0 Å². The van der Waals surface area contributed by atoms with E-state index in [4.69, 9.17) is 15.2 Å². The van der Waals surface area contributed by atoms with E-state index in [-0.39, 0.29) is 17.7 Å². The Bertz CT molecular complexity index is 427. The van der Waals surface area contributed by atoms with Crippen molar-refractivity contribution in [2.24, 2.45) is 0 Å². The van der Waals surface area contributed by atoms with Crippen LogP contribution < -0.4 is 11.1 Å². The smallest absolute Gasteiger partial charge is 0.274 e. The molecule has 2 rings (SSSR count). The summed E-state index contributed by atoms with van der Waals surface area (Å²) in [6.07, 6.45) is 1.62. The highest BCUT2D eigenvalue weighted by atomic mass is 16.6. The molecule has 106 valence electrons. The first-order chi connectivity index (χ1) is 9.22. The Morgan fingerprint density at radius 2 is 2.42 bits per heavy atom. The van der Waals surface area contributed by atoms with Crippen LogP contribution in [-0.4, -0.2) is 48.6 Å². The minimum Gasteiger partial charge on any atom is -0.395 e. The van der Waals surface area contributed by atoms with Crippen molar-refractivity contribution in [1.29, 1.82) is 0 Å². The number of carbonyl (C=O) groups is 1. The molecule has 1 aliphatic heterocycles. The van der Waals surface area contributed by atoms with Crippen molar-refractivity contribution in [1.82, 2.24) is 15.5 Å². The third-order valence-corrected chi connectivity index (χ3v) is 2.97. The quantitative estimate of drug-likeness (QED) is 0.702. The molecule has 1 unspecified atom stereocenters. The van der Waals surface area contributed by atoms with Gasteiger partial charge in [0.2, 0.25) is 0 Å². The first kappa shape index (κ1) is 13.8. The molecule has 1 amide bonds. The zero-order valence-electron chi connectivity index (χ0n) is 11.1. The molecule has 2 heterocycles. The molecular formula is C12H20N4O3. The number of nitrogens with one attached hydrogen (secondary N) is 2. The van der Waals surface area contributed by atoms with Gasteiger partial charge in [-0.15, -0.1) is 0 Å². The van der Waals surface area contributed by atoms with E-state index < -0.39 is 0 Å². The van der Waals surface area contributed by atoms with E-state index in [1.54, 1.807) is 0 Å². The Morgan fingerprint density at radius 1 is 1.58 bits per heavy atom. The topological polar surface area (TPSA) is 102 Å². The van der Waals surface area contributed by atoms with E-state index in [2.05, 4.69) is 15.5 Å². The van der Waals surface area contributed by atoms with Crippen molar-refractivity contribution < 1.29 is 14.3 Å². The monoisotopic (exact) mass is 268 g/mol. The van der Waals surface area contributed by atoms with Crippen molar-refractivity contribution in [3.8, 4) is 0 Å². The fourth-order valence-corrected chi connectivity index (χ4v) is 1.95. The standard InChI is InChI=1S/C12H20N4O3/c1-2-3-9-10(13)11(16-15-9)12(17)14-6-8-7-18-4-5-19-8/h8H,2-7,13H2,1H3,(H,14,17)(H,15,16). The first-order valence-corrected chi connectivity index (χ1v) is 6.52. The van der Waals surface area contributed by atoms with Crippen LogP contribution >= 0.6 is 0 Å². The van der Waals surface area contributed by atoms with Crippen molar-refractivity contribution in [3.63, 3.8) is 0 Å². The van der Waals surface area contributed by atoms with E-state index in [9.17, 15) is 4.79 Å². The highest BCUT2D eigenvalue weighted by Crippen LogP contribution is 2.15. The lowest BCUT2D eigenvalue weighted by Gasteiger charge is -2.22. The third kappa shape index (κ3) is 3.45. The number of nitrogens with two attached hydrogens (primary N) is 1. The molecule has 1 aromatic rings. The number of aromatic nitrogens is 2. The summed E-state index contributed by atoms with van der Waals surface area (Å²) in [7, 11) is 0. The van der Waals surface area contributed by atoms with E-state index in [1.807, 2.05) is 6.92 Å². The number of anilines is 1. The number of hydrogen-bond acceptors (Lipinski definition) is 5. The van der Waals surface area contributed by atoms with E-state index in [0.717, 1.165) is 18.5 Å². The summed E-state index contributed by atoms with van der Waals surface area (Å²) in [5.41, 5.74) is 7.38. The second-order valence-corrected chi connectivity index (χ2v) is 4.49. The summed E-state index contributed by atoms with van der Waals surface area (Å²) in [6.45, 7) is 4.11. The molecule has 0 bridgehead atoms. The number of aryl methyl sites for hydroxylation is 1. The SMILES string of the molecule is CCCc1[nH]nc(C(=O)NCC2COCCO2)c1N. The number of nitrogens with zero attached hydrogens (tertiary/aromatic N) is 1. The maximum Gasteiger partial charge on any atom is 0.274 e. The molecule has 1 saturated heterocycles. The number of hydrogen-bond donors (Lipinski definition) is 3. The molecule has 1 atom stereocenters. The maximum absolute atomic E-state index is 12.0. The van der Waals surface area contributed by atoms with Crippen molar-refractivity contribution in [3.05, 3.63) is 11.4 Å². The van der Waals surface area contributed by atoms with Gasteiger partial charge in [-0.25, -0.2) is 0 Å². The lowest BCUT2D eigenvalue weighted by molar-refractivity contribution is -0.0855. The number of carbonyl (C=O) groups excluding carboxylic acids is 1. The fourth-order valence-electron chi connectivity index (χ4n) is 1.95. The Hall–Kier alpha value is -1.60. The molecule has 19 heavy (non-hydrogen) atoms. The van der Waals surface area contributed by atoms with Crippen molar-refractivity contribution in [2.75, 3.05) is 32.1 Å². The molecule has 1 aromatic heterocycles. The molecular weight excluding hydrogens is 248 g/mol. The second-order valence-electron chi connectivity index (χ2n) is 4.49. The van der Waals surface area contributed by atoms with Gasteiger partial charge in [0.25, 0.3) is 5.91 Å². The van der Waals surface area contributed by atoms with Gasteiger partial charge >= 0.3 is 0 Å². The zero-order valence-corrected chi connectivity index (χ0v) is 11.1. The van der Waals surface area contributed by atoms with Crippen LogP contribution in [0.15, 0.2) is 0 Å². The Labute approximate surface area is 111 Å². The van der Waals surface area contributed by atoms with Crippen LogP contribution in [0.4, 0.5) is 5.69 Å². The molecule has 0 saturated carbocycles. The van der Waals surface area contributed by atoms with Crippen LogP contribution in [0.25, 0.3) is 0 Å². The number of nitrogen functional groups attached to an aromatic ring is 1. The minimum atomic E-state index is -0.287. The summed E-state index contributed by atoms with van der Waals surface area (Å²) in [5.74, 6) is -0.287. The zero-order chi connectivity index (χ0) is 13.7. The molecule has 4 N–H and O–H groups in total.